The average molecular weight is 368 g/mol. The van der Waals surface area contributed by atoms with Crippen LogP contribution in [0.15, 0.2) is 21.1 Å². The fourth-order valence-electron chi connectivity index (χ4n) is 2.59. The number of hydrogen-bond acceptors (Lipinski definition) is 6. The van der Waals surface area contributed by atoms with E-state index < -0.39 is 0 Å². The Morgan fingerprint density at radius 1 is 1.36 bits per heavy atom. The van der Waals surface area contributed by atoms with Gasteiger partial charge in [0.1, 0.15) is 0 Å². The van der Waals surface area contributed by atoms with Gasteiger partial charge in [0.25, 0.3) is 0 Å². The van der Waals surface area contributed by atoms with Gasteiger partial charge in [-0.1, -0.05) is 5.16 Å². The lowest BCUT2D eigenvalue weighted by Crippen LogP contribution is -2.12. The number of halogens is 1. The third kappa shape index (κ3) is 3.10. The second kappa shape index (κ2) is 6.66. The second-order valence-electron chi connectivity index (χ2n) is 5.23. The number of nitrogens with two attached hydrogens (primary N) is 1. The smallest absolute Gasteiger partial charge is 0.240 e. The van der Waals surface area contributed by atoms with Gasteiger partial charge in [0, 0.05) is 5.56 Å². The van der Waals surface area contributed by atoms with E-state index in [1.54, 1.807) is 7.11 Å². The zero-order valence-corrected chi connectivity index (χ0v) is 13.9. The summed E-state index contributed by atoms with van der Waals surface area (Å²) >= 11 is 3.55. The minimum absolute atomic E-state index is 0.216. The molecule has 1 aliphatic rings. The number of aromatic nitrogens is 2. The molecule has 0 aliphatic heterocycles. The maximum absolute atomic E-state index is 6.09. The summed E-state index contributed by atoms with van der Waals surface area (Å²) in [5.41, 5.74) is 6.28. The van der Waals surface area contributed by atoms with Crippen LogP contribution < -0.4 is 15.2 Å². The minimum Gasteiger partial charge on any atom is -0.493 e. The summed E-state index contributed by atoms with van der Waals surface area (Å²) in [6.45, 7) is 0.216. The lowest BCUT2D eigenvalue weighted by atomic mass is 10.2. The summed E-state index contributed by atoms with van der Waals surface area (Å²) in [4.78, 5) is 4.23. The van der Waals surface area contributed by atoms with Crippen molar-refractivity contribution in [3.63, 3.8) is 0 Å². The molecule has 1 heterocycles. The SMILES string of the molecule is COc1cc(-c2noc(CN)n2)cc(Br)c1OC1CCCC1. The van der Waals surface area contributed by atoms with Crippen molar-refractivity contribution in [3.8, 4) is 22.9 Å². The molecule has 0 radical (unpaired) electrons. The van der Waals surface area contributed by atoms with E-state index in [1.165, 1.54) is 12.8 Å². The van der Waals surface area contributed by atoms with Crippen molar-refractivity contribution in [2.75, 3.05) is 7.11 Å². The lowest BCUT2D eigenvalue weighted by molar-refractivity contribution is 0.199. The van der Waals surface area contributed by atoms with E-state index in [0.717, 1.165) is 28.6 Å². The zero-order chi connectivity index (χ0) is 15.5. The quantitative estimate of drug-likeness (QED) is 0.872. The Morgan fingerprint density at radius 2 is 2.14 bits per heavy atom. The molecule has 0 atom stereocenters. The van der Waals surface area contributed by atoms with E-state index >= 15 is 0 Å². The van der Waals surface area contributed by atoms with Gasteiger partial charge in [-0.2, -0.15) is 4.98 Å². The number of ether oxygens (including phenoxy) is 2. The Hall–Kier alpha value is -1.60. The Kier molecular flexibility index (Phi) is 4.63. The van der Waals surface area contributed by atoms with Crippen molar-refractivity contribution < 1.29 is 14.0 Å². The van der Waals surface area contributed by atoms with Crippen molar-refractivity contribution in [2.45, 2.75) is 38.3 Å². The van der Waals surface area contributed by atoms with Crippen LogP contribution in [0.4, 0.5) is 0 Å². The maximum atomic E-state index is 6.09. The molecule has 3 rings (SSSR count). The molecular weight excluding hydrogens is 350 g/mol. The Morgan fingerprint density at radius 3 is 2.77 bits per heavy atom. The van der Waals surface area contributed by atoms with Crippen molar-refractivity contribution in [2.24, 2.45) is 5.73 Å². The molecule has 1 fully saturated rings. The molecule has 2 aromatic rings. The molecule has 6 nitrogen and oxygen atoms in total. The summed E-state index contributed by atoms with van der Waals surface area (Å²) in [7, 11) is 1.62. The first-order chi connectivity index (χ1) is 10.7. The number of nitrogens with zero attached hydrogens (tertiary/aromatic N) is 2. The monoisotopic (exact) mass is 367 g/mol. The van der Waals surface area contributed by atoms with Gasteiger partial charge >= 0.3 is 0 Å². The predicted octanol–water partition coefficient (Wildman–Crippen LogP) is 3.29. The van der Waals surface area contributed by atoms with E-state index in [-0.39, 0.29) is 12.6 Å². The second-order valence-corrected chi connectivity index (χ2v) is 6.08. The van der Waals surface area contributed by atoms with Gasteiger partial charge in [0.15, 0.2) is 11.5 Å². The van der Waals surface area contributed by atoms with E-state index in [0.29, 0.717) is 17.5 Å². The summed E-state index contributed by atoms with van der Waals surface area (Å²) in [6, 6.07) is 3.75. The third-order valence-electron chi connectivity index (χ3n) is 3.72. The molecule has 0 spiro atoms. The van der Waals surface area contributed by atoms with E-state index in [4.69, 9.17) is 19.7 Å². The van der Waals surface area contributed by atoms with Crippen LogP contribution in [0, 0.1) is 0 Å². The Balaban J connectivity index is 1.92. The predicted molar refractivity (Wildman–Crippen MR) is 84.8 cm³/mol. The van der Waals surface area contributed by atoms with Crippen molar-refractivity contribution in [1.29, 1.82) is 0 Å². The minimum atomic E-state index is 0.216. The van der Waals surface area contributed by atoms with Crippen LogP contribution in [-0.2, 0) is 6.54 Å². The summed E-state index contributed by atoms with van der Waals surface area (Å²) < 4.78 is 17.4. The molecule has 1 aliphatic carbocycles. The number of benzene rings is 1. The summed E-state index contributed by atoms with van der Waals surface area (Å²) in [6.07, 6.45) is 4.86. The molecule has 0 unspecified atom stereocenters. The van der Waals surface area contributed by atoms with Crippen LogP contribution in [0.1, 0.15) is 31.6 Å². The van der Waals surface area contributed by atoms with Crippen molar-refractivity contribution >= 4 is 15.9 Å². The molecule has 2 N–H and O–H groups in total. The maximum Gasteiger partial charge on any atom is 0.240 e. The first-order valence-corrected chi connectivity index (χ1v) is 8.07. The third-order valence-corrected chi connectivity index (χ3v) is 4.31. The first kappa shape index (κ1) is 15.3. The summed E-state index contributed by atoms with van der Waals surface area (Å²) in [5, 5.41) is 3.92. The highest BCUT2D eigenvalue weighted by molar-refractivity contribution is 9.10. The van der Waals surface area contributed by atoms with Crippen LogP contribution in [0.5, 0.6) is 11.5 Å². The molecule has 0 bridgehead atoms. The molecule has 1 aromatic heterocycles. The van der Waals surface area contributed by atoms with Crippen molar-refractivity contribution in [1.82, 2.24) is 10.1 Å². The van der Waals surface area contributed by atoms with Crippen LogP contribution in [-0.4, -0.2) is 23.4 Å². The highest BCUT2D eigenvalue weighted by Gasteiger charge is 2.21. The molecule has 118 valence electrons. The number of methoxy groups -OCH3 is 1. The van der Waals surface area contributed by atoms with E-state index in [1.807, 2.05) is 12.1 Å². The molecular formula is C15H18BrN3O3. The molecule has 0 saturated heterocycles. The van der Waals surface area contributed by atoms with Crippen LogP contribution in [0.2, 0.25) is 0 Å². The molecule has 7 heteroatoms. The van der Waals surface area contributed by atoms with E-state index in [2.05, 4.69) is 26.1 Å². The molecule has 1 saturated carbocycles. The van der Waals surface area contributed by atoms with Gasteiger partial charge in [-0.15, -0.1) is 0 Å². The summed E-state index contributed by atoms with van der Waals surface area (Å²) in [5.74, 6) is 2.25. The lowest BCUT2D eigenvalue weighted by Gasteiger charge is -2.17. The number of hydrogen-bond donors (Lipinski definition) is 1. The van der Waals surface area contributed by atoms with Crippen LogP contribution in [0.3, 0.4) is 0 Å². The van der Waals surface area contributed by atoms with Crippen LogP contribution >= 0.6 is 15.9 Å². The van der Waals surface area contributed by atoms with Crippen LogP contribution in [0.25, 0.3) is 11.4 Å². The van der Waals surface area contributed by atoms with Crippen molar-refractivity contribution in [3.05, 3.63) is 22.5 Å². The Bertz CT molecular complexity index is 653. The molecule has 1 aromatic carbocycles. The van der Waals surface area contributed by atoms with Gasteiger partial charge in [0.05, 0.1) is 24.2 Å². The van der Waals surface area contributed by atoms with E-state index in [9.17, 15) is 0 Å². The average Bonchev–Trinajstić information content (AvgIpc) is 3.20. The van der Waals surface area contributed by atoms with Gasteiger partial charge in [0.2, 0.25) is 11.7 Å². The molecule has 0 amide bonds. The highest BCUT2D eigenvalue weighted by Crippen LogP contribution is 2.41. The topological polar surface area (TPSA) is 83.4 Å². The molecule has 22 heavy (non-hydrogen) atoms. The normalized spacial score (nSPS) is 15.2. The standard InChI is InChI=1S/C15H18BrN3O3/c1-20-12-7-9(15-18-13(8-17)22-19-15)6-11(16)14(12)21-10-4-2-3-5-10/h6-7,10H,2-5,8,17H2,1H3. The van der Waals surface area contributed by atoms with Gasteiger partial charge in [-0.05, 0) is 53.7 Å². The fraction of sp³-hybridized carbons (Fsp3) is 0.467. The first-order valence-electron chi connectivity index (χ1n) is 7.28. The zero-order valence-electron chi connectivity index (χ0n) is 12.3. The largest absolute Gasteiger partial charge is 0.493 e. The van der Waals surface area contributed by atoms with Gasteiger partial charge in [-0.3, -0.25) is 0 Å². The number of rotatable bonds is 5. The van der Waals surface area contributed by atoms with Gasteiger partial charge in [-0.25, -0.2) is 0 Å². The Labute approximate surface area is 137 Å². The van der Waals surface area contributed by atoms with Gasteiger partial charge < -0.3 is 19.7 Å². The highest BCUT2D eigenvalue weighted by atomic mass is 79.9. The fourth-order valence-corrected chi connectivity index (χ4v) is 3.13.